The third-order valence-electron chi connectivity index (χ3n) is 5.30. The molecule has 5 aromatic rings. The Hall–Kier alpha value is -3.78. The molecule has 1 N–H and O–H groups in total. The molecule has 7 nitrogen and oxygen atoms in total. The fourth-order valence-corrected chi connectivity index (χ4v) is 4.74. The van der Waals surface area contributed by atoms with E-state index in [1.807, 2.05) is 49.4 Å². The lowest BCUT2D eigenvalue weighted by Gasteiger charge is -2.12. The van der Waals surface area contributed by atoms with Crippen molar-refractivity contribution in [1.82, 2.24) is 19.8 Å². The van der Waals surface area contributed by atoms with Crippen LogP contribution >= 0.6 is 0 Å². The highest BCUT2D eigenvalue weighted by atomic mass is 32.2. The molecule has 0 radical (unpaired) electrons. The van der Waals surface area contributed by atoms with Crippen molar-refractivity contribution in [1.29, 1.82) is 0 Å². The van der Waals surface area contributed by atoms with Crippen LogP contribution in [0.3, 0.4) is 0 Å². The number of para-hydroxylation sites is 1. The Labute approximate surface area is 179 Å². The van der Waals surface area contributed by atoms with Gasteiger partial charge in [0.1, 0.15) is 5.82 Å². The number of rotatable bonds is 4. The quantitative estimate of drug-likeness (QED) is 0.453. The summed E-state index contributed by atoms with van der Waals surface area (Å²) in [4.78, 5) is 4.80. The highest BCUT2D eigenvalue weighted by molar-refractivity contribution is 7.91. The van der Waals surface area contributed by atoms with Crippen molar-refractivity contribution in [2.24, 2.45) is 0 Å². The fraction of sp³-hybridized carbons (Fsp3) is 0.0870. The highest BCUT2D eigenvalue weighted by Gasteiger charge is 2.27. The maximum atomic E-state index is 13.2. The van der Waals surface area contributed by atoms with E-state index in [0.717, 1.165) is 16.6 Å². The Balaban J connectivity index is 1.74. The minimum absolute atomic E-state index is 0.149. The van der Waals surface area contributed by atoms with Crippen LogP contribution in [0.25, 0.3) is 16.6 Å². The van der Waals surface area contributed by atoms with Crippen LogP contribution in [0.1, 0.15) is 11.1 Å². The average molecular weight is 430 g/mol. The van der Waals surface area contributed by atoms with Crippen LogP contribution in [0, 0.1) is 13.8 Å². The molecule has 0 amide bonds. The van der Waals surface area contributed by atoms with Crippen LogP contribution in [-0.4, -0.2) is 28.2 Å². The Kier molecular flexibility index (Phi) is 4.44. The highest BCUT2D eigenvalue weighted by Crippen LogP contribution is 2.29. The van der Waals surface area contributed by atoms with Gasteiger partial charge in [0, 0.05) is 11.1 Å². The van der Waals surface area contributed by atoms with Crippen LogP contribution in [0.5, 0.6) is 0 Å². The molecule has 0 unspecified atom stereocenters. The summed E-state index contributed by atoms with van der Waals surface area (Å²) in [6, 6.07) is 21.8. The molecule has 3 aromatic carbocycles. The van der Waals surface area contributed by atoms with Crippen LogP contribution < -0.4 is 5.32 Å². The number of hydrogen-bond donors (Lipinski definition) is 1. The Bertz CT molecular complexity index is 1540. The van der Waals surface area contributed by atoms with Gasteiger partial charge in [-0.2, -0.15) is 4.52 Å². The van der Waals surface area contributed by atoms with Crippen molar-refractivity contribution in [2.45, 2.75) is 23.8 Å². The van der Waals surface area contributed by atoms with Crippen molar-refractivity contribution < 1.29 is 8.42 Å². The van der Waals surface area contributed by atoms with Crippen molar-refractivity contribution in [3.8, 4) is 0 Å². The van der Waals surface area contributed by atoms with Gasteiger partial charge in [0.2, 0.25) is 14.9 Å². The van der Waals surface area contributed by atoms with E-state index in [9.17, 15) is 8.42 Å². The van der Waals surface area contributed by atoms with Gasteiger partial charge in [-0.3, -0.25) is 0 Å². The van der Waals surface area contributed by atoms with Crippen molar-refractivity contribution in [3.05, 3.63) is 83.9 Å². The predicted octanol–water partition coefficient (Wildman–Crippen LogP) is 4.47. The second-order valence-corrected chi connectivity index (χ2v) is 9.21. The first-order valence-corrected chi connectivity index (χ1v) is 11.2. The summed E-state index contributed by atoms with van der Waals surface area (Å²) in [6.07, 6.45) is 0. The molecule has 0 saturated heterocycles. The summed E-state index contributed by atoms with van der Waals surface area (Å²) in [5.41, 5.74) is 4.09. The number of aryl methyl sites for hydroxylation is 2. The number of hydrogen-bond acceptors (Lipinski definition) is 6. The average Bonchev–Trinajstić information content (AvgIpc) is 3.22. The SMILES string of the molecule is Cc1ccc(Nc2nc3c(S(=O)(=O)c4ccccc4)nnn3c3ccccc23)cc1C. The van der Waals surface area contributed by atoms with Crippen molar-refractivity contribution in [3.63, 3.8) is 0 Å². The monoisotopic (exact) mass is 429 g/mol. The summed E-state index contributed by atoms with van der Waals surface area (Å²) in [5.74, 6) is 0.540. The zero-order chi connectivity index (χ0) is 21.6. The molecule has 0 saturated carbocycles. The molecule has 0 fully saturated rings. The summed E-state index contributed by atoms with van der Waals surface area (Å²) in [5, 5.41) is 12.1. The molecule has 0 bridgehead atoms. The normalized spacial score (nSPS) is 11.8. The number of sulfone groups is 1. The maximum Gasteiger partial charge on any atom is 0.229 e. The van der Waals surface area contributed by atoms with E-state index in [4.69, 9.17) is 0 Å². The number of fused-ring (bicyclic) bond motifs is 3. The number of anilines is 2. The Morgan fingerprint density at radius 3 is 2.39 bits per heavy atom. The van der Waals surface area contributed by atoms with Gasteiger partial charge in [-0.25, -0.2) is 13.4 Å². The van der Waals surface area contributed by atoms with Crippen LogP contribution in [-0.2, 0) is 9.84 Å². The molecule has 0 spiro atoms. The Morgan fingerprint density at radius 1 is 0.871 bits per heavy atom. The van der Waals surface area contributed by atoms with Crippen LogP contribution in [0.4, 0.5) is 11.5 Å². The van der Waals surface area contributed by atoms with E-state index in [2.05, 4.69) is 27.5 Å². The predicted molar refractivity (Wildman–Crippen MR) is 119 cm³/mol. The lowest BCUT2D eigenvalue weighted by atomic mass is 10.1. The molecule has 0 aliphatic rings. The number of aromatic nitrogens is 4. The summed E-state index contributed by atoms with van der Waals surface area (Å²) >= 11 is 0. The Morgan fingerprint density at radius 2 is 1.61 bits per heavy atom. The number of benzene rings is 3. The van der Waals surface area contributed by atoms with Gasteiger partial charge in [-0.05, 0) is 61.4 Å². The molecule has 0 atom stereocenters. The first-order chi connectivity index (χ1) is 14.9. The van der Waals surface area contributed by atoms with Gasteiger partial charge in [-0.1, -0.05) is 41.6 Å². The van der Waals surface area contributed by atoms with E-state index in [1.165, 1.54) is 22.2 Å². The third kappa shape index (κ3) is 3.21. The second kappa shape index (κ2) is 7.17. The summed E-state index contributed by atoms with van der Waals surface area (Å²) in [6.45, 7) is 4.10. The smallest absolute Gasteiger partial charge is 0.229 e. The minimum Gasteiger partial charge on any atom is -0.340 e. The van der Waals surface area contributed by atoms with Gasteiger partial charge in [0.15, 0.2) is 5.65 Å². The minimum atomic E-state index is -3.88. The summed E-state index contributed by atoms with van der Waals surface area (Å²) < 4.78 is 27.9. The molecule has 0 aliphatic heterocycles. The van der Waals surface area contributed by atoms with Gasteiger partial charge in [0.05, 0.1) is 10.4 Å². The summed E-state index contributed by atoms with van der Waals surface area (Å²) in [7, 11) is -3.88. The molecule has 2 heterocycles. The number of nitrogens with one attached hydrogen (secondary N) is 1. The standard InChI is InChI=1S/C23H19N5O2S/c1-15-12-13-17(14-16(15)2)24-21-19-10-6-7-11-20(19)28-22(25-21)23(26-27-28)31(29,30)18-8-4-3-5-9-18/h3-14H,1-2H3,(H,24,25). The van der Waals surface area contributed by atoms with Gasteiger partial charge < -0.3 is 5.32 Å². The van der Waals surface area contributed by atoms with Gasteiger partial charge in [-0.15, -0.1) is 5.10 Å². The molecule has 8 heteroatoms. The maximum absolute atomic E-state index is 13.2. The lowest BCUT2D eigenvalue weighted by molar-refractivity contribution is 0.592. The van der Waals surface area contributed by atoms with E-state index in [1.54, 1.807) is 18.2 Å². The van der Waals surface area contributed by atoms with Crippen LogP contribution in [0.2, 0.25) is 0 Å². The first-order valence-electron chi connectivity index (χ1n) is 9.74. The lowest BCUT2D eigenvalue weighted by Crippen LogP contribution is -2.05. The number of nitrogens with zero attached hydrogens (tertiary/aromatic N) is 4. The van der Waals surface area contributed by atoms with E-state index in [0.29, 0.717) is 11.3 Å². The van der Waals surface area contributed by atoms with Crippen LogP contribution in [0.15, 0.2) is 82.7 Å². The molecule has 31 heavy (non-hydrogen) atoms. The van der Waals surface area contributed by atoms with Crippen molar-refractivity contribution in [2.75, 3.05) is 5.32 Å². The van der Waals surface area contributed by atoms with Crippen molar-refractivity contribution >= 4 is 37.9 Å². The second-order valence-electron chi connectivity index (χ2n) is 7.35. The molecule has 0 aliphatic carbocycles. The molecular formula is C23H19N5O2S. The third-order valence-corrected chi connectivity index (χ3v) is 6.97. The van der Waals surface area contributed by atoms with Gasteiger partial charge >= 0.3 is 0 Å². The first kappa shape index (κ1) is 19.2. The zero-order valence-electron chi connectivity index (χ0n) is 16.9. The molecule has 2 aromatic heterocycles. The van der Waals surface area contributed by atoms with E-state index >= 15 is 0 Å². The largest absolute Gasteiger partial charge is 0.340 e. The fourth-order valence-electron chi connectivity index (χ4n) is 3.48. The molecule has 5 rings (SSSR count). The zero-order valence-corrected chi connectivity index (χ0v) is 17.8. The van der Waals surface area contributed by atoms with E-state index < -0.39 is 9.84 Å². The molecular weight excluding hydrogens is 410 g/mol. The van der Waals surface area contributed by atoms with E-state index in [-0.39, 0.29) is 15.6 Å². The topological polar surface area (TPSA) is 89.2 Å². The van der Waals surface area contributed by atoms with Gasteiger partial charge in [0.25, 0.3) is 0 Å². The molecule has 154 valence electrons.